The molecule has 2 atom stereocenters. The number of methoxy groups -OCH3 is 2. The number of aliphatic hydroxyl groups is 1. The molecule has 1 aliphatic rings. The summed E-state index contributed by atoms with van der Waals surface area (Å²) < 4.78 is 15.9. The van der Waals surface area contributed by atoms with Gasteiger partial charge in [0.05, 0.1) is 20.3 Å². The van der Waals surface area contributed by atoms with Crippen molar-refractivity contribution in [2.45, 2.75) is 44.8 Å². The molecule has 21 heavy (non-hydrogen) atoms. The van der Waals surface area contributed by atoms with E-state index in [-0.39, 0.29) is 6.10 Å². The Hall–Kier alpha value is -1.75. The first-order chi connectivity index (χ1) is 10.1. The number of cyclic esters (lactones) is 1. The molecular formula is C16H22O5. The minimum Gasteiger partial charge on any atom is -0.497 e. The van der Waals surface area contributed by atoms with Crippen LogP contribution >= 0.6 is 0 Å². The van der Waals surface area contributed by atoms with Crippen molar-refractivity contribution in [1.82, 2.24) is 0 Å². The summed E-state index contributed by atoms with van der Waals surface area (Å²) in [7, 11) is 3.09. The molecule has 116 valence electrons. The van der Waals surface area contributed by atoms with Gasteiger partial charge in [0.2, 0.25) is 0 Å². The zero-order valence-corrected chi connectivity index (χ0v) is 12.7. The van der Waals surface area contributed by atoms with Crippen LogP contribution in [0.15, 0.2) is 12.1 Å². The number of benzene rings is 1. The molecule has 1 N–H and O–H groups in total. The van der Waals surface area contributed by atoms with Crippen LogP contribution in [0.3, 0.4) is 0 Å². The molecule has 0 spiro atoms. The number of rotatable bonds is 6. The van der Waals surface area contributed by atoms with Gasteiger partial charge in [-0.3, -0.25) is 0 Å². The van der Waals surface area contributed by atoms with Crippen molar-refractivity contribution in [3.05, 3.63) is 23.3 Å². The lowest BCUT2D eigenvalue weighted by Gasteiger charge is -2.27. The highest BCUT2D eigenvalue weighted by atomic mass is 16.5. The maximum absolute atomic E-state index is 12.2. The van der Waals surface area contributed by atoms with Gasteiger partial charge in [-0.1, -0.05) is 13.3 Å². The Balaban J connectivity index is 2.24. The third kappa shape index (κ3) is 3.47. The van der Waals surface area contributed by atoms with E-state index in [1.165, 1.54) is 7.11 Å². The van der Waals surface area contributed by atoms with Gasteiger partial charge in [-0.2, -0.15) is 0 Å². The minimum atomic E-state index is -0.443. The molecule has 0 radical (unpaired) electrons. The molecule has 5 heteroatoms. The van der Waals surface area contributed by atoms with Crippen molar-refractivity contribution < 1.29 is 24.1 Å². The zero-order valence-electron chi connectivity index (χ0n) is 12.7. The fourth-order valence-corrected chi connectivity index (χ4v) is 2.70. The van der Waals surface area contributed by atoms with Crippen LogP contribution < -0.4 is 9.47 Å². The van der Waals surface area contributed by atoms with Crippen molar-refractivity contribution in [2.24, 2.45) is 0 Å². The maximum Gasteiger partial charge on any atom is 0.342 e. The largest absolute Gasteiger partial charge is 0.497 e. The lowest BCUT2D eigenvalue weighted by atomic mass is 9.94. The summed E-state index contributed by atoms with van der Waals surface area (Å²) in [5, 5.41) is 9.90. The quantitative estimate of drug-likeness (QED) is 0.816. The van der Waals surface area contributed by atoms with Gasteiger partial charge in [-0.05, 0) is 18.1 Å². The first-order valence-electron chi connectivity index (χ1n) is 7.23. The molecule has 0 unspecified atom stereocenters. The highest BCUT2D eigenvalue weighted by molar-refractivity contribution is 5.95. The summed E-state index contributed by atoms with van der Waals surface area (Å²) in [6.45, 7) is 2.02. The zero-order chi connectivity index (χ0) is 15.4. The topological polar surface area (TPSA) is 65.0 Å². The van der Waals surface area contributed by atoms with Gasteiger partial charge in [0.25, 0.3) is 0 Å². The molecule has 0 aliphatic carbocycles. The predicted molar refractivity (Wildman–Crippen MR) is 78.0 cm³/mol. The van der Waals surface area contributed by atoms with Crippen LogP contribution in [0.25, 0.3) is 0 Å². The fourth-order valence-electron chi connectivity index (χ4n) is 2.70. The Morgan fingerprint density at radius 1 is 1.38 bits per heavy atom. The predicted octanol–water partition coefficient (Wildman–Crippen LogP) is 2.34. The third-order valence-corrected chi connectivity index (χ3v) is 3.70. The summed E-state index contributed by atoms with van der Waals surface area (Å²) in [6.07, 6.45) is 1.89. The Kier molecular flexibility index (Phi) is 5.07. The Morgan fingerprint density at radius 2 is 2.14 bits per heavy atom. The van der Waals surface area contributed by atoms with Crippen molar-refractivity contribution in [1.29, 1.82) is 0 Å². The molecule has 0 amide bonds. The highest BCUT2D eigenvalue weighted by Gasteiger charge is 2.31. The average molecular weight is 294 g/mol. The van der Waals surface area contributed by atoms with E-state index in [4.69, 9.17) is 14.2 Å². The lowest BCUT2D eigenvalue weighted by Crippen LogP contribution is -2.31. The Bertz CT molecular complexity index is 512. The van der Waals surface area contributed by atoms with Crippen LogP contribution in [-0.2, 0) is 11.2 Å². The maximum atomic E-state index is 12.2. The number of aliphatic hydroxyl groups excluding tert-OH is 1. The van der Waals surface area contributed by atoms with E-state index >= 15 is 0 Å². The molecule has 0 saturated carbocycles. The molecule has 1 aliphatic heterocycles. The number of fused-ring (bicyclic) bond motifs is 1. The standard InChI is InChI=1S/C16H22O5/c1-4-5-11(17)8-13-7-10-6-12(19-2)9-14(20-3)15(10)16(18)21-13/h6,9,11,13,17H,4-5,7-8H2,1-3H3/t11-,13+/m0/s1. The van der Waals surface area contributed by atoms with Gasteiger partial charge in [0.1, 0.15) is 23.2 Å². The molecule has 0 saturated heterocycles. The van der Waals surface area contributed by atoms with Gasteiger partial charge < -0.3 is 19.3 Å². The average Bonchev–Trinajstić information content (AvgIpc) is 2.45. The van der Waals surface area contributed by atoms with Crippen molar-refractivity contribution in [2.75, 3.05) is 14.2 Å². The third-order valence-electron chi connectivity index (χ3n) is 3.70. The van der Waals surface area contributed by atoms with E-state index in [9.17, 15) is 9.90 Å². The monoisotopic (exact) mass is 294 g/mol. The summed E-state index contributed by atoms with van der Waals surface area (Å²) in [4.78, 5) is 12.2. The fraction of sp³-hybridized carbons (Fsp3) is 0.562. The van der Waals surface area contributed by atoms with Gasteiger partial charge in [-0.15, -0.1) is 0 Å². The molecule has 1 aromatic rings. The lowest BCUT2D eigenvalue weighted by molar-refractivity contribution is 0.00877. The number of carbonyl (C=O) groups excluding carboxylic acids is 1. The molecule has 1 aromatic carbocycles. The number of hydrogen-bond acceptors (Lipinski definition) is 5. The second-order valence-corrected chi connectivity index (χ2v) is 5.27. The van der Waals surface area contributed by atoms with Crippen molar-refractivity contribution >= 4 is 5.97 Å². The SMILES string of the molecule is CCC[C@H](O)C[C@H]1Cc2cc(OC)cc(OC)c2C(=O)O1. The van der Waals surface area contributed by atoms with E-state index in [2.05, 4.69) is 0 Å². The van der Waals surface area contributed by atoms with Crippen LogP contribution in [0, 0.1) is 0 Å². The molecule has 1 heterocycles. The first kappa shape index (κ1) is 15.6. The van der Waals surface area contributed by atoms with Gasteiger partial charge in [-0.25, -0.2) is 4.79 Å². The molecule has 5 nitrogen and oxygen atoms in total. The summed E-state index contributed by atoms with van der Waals surface area (Å²) in [5.74, 6) is 0.708. The van der Waals surface area contributed by atoms with Crippen molar-refractivity contribution in [3.63, 3.8) is 0 Å². The summed E-state index contributed by atoms with van der Waals surface area (Å²) in [5.41, 5.74) is 1.30. The van der Waals surface area contributed by atoms with Crippen LogP contribution in [0.5, 0.6) is 11.5 Å². The Morgan fingerprint density at radius 3 is 2.76 bits per heavy atom. The van der Waals surface area contributed by atoms with E-state index in [1.54, 1.807) is 13.2 Å². The van der Waals surface area contributed by atoms with Crippen LogP contribution in [0.1, 0.15) is 42.1 Å². The van der Waals surface area contributed by atoms with Crippen LogP contribution in [0.4, 0.5) is 0 Å². The van der Waals surface area contributed by atoms with E-state index in [0.717, 1.165) is 12.0 Å². The number of esters is 1. The number of carbonyl (C=O) groups is 1. The number of hydrogen-bond donors (Lipinski definition) is 1. The molecule has 0 fully saturated rings. The number of ether oxygens (including phenoxy) is 3. The van der Waals surface area contributed by atoms with Gasteiger partial charge >= 0.3 is 5.97 Å². The summed E-state index contributed by atoms with van der Waals surface area (Å²) >= 11 is 0. The molecule has 0 aromatic heterocycles. The minimum absolute atomic E-state index is 0.302. The Labute approximate surface area is 124 Å². The van der Waals surface area contributed by atoms with E-state index in [0.29, 0.717) is 36.3 Å². The second kappa shape index (κ2) is 6.80. The normalized spacial score (nSPS) is 18.7. The summed E-state index contributed by atoms with van der Waals surface area (Å²) in [6, 6.07) is 3.50. The van der Waals surface area contributed by atoms with E-state index < -0.39 is 12.1 Å². The van der Waals surface area contributed by atoms with Gasteiger partial charge in [0, 0.05) is 18.9 Å². The smallest absolute Gasteiger partial charge is 0.342 e. The van der Waals surface area contributed by atoms with Crippen molar-refractivity contribution in [3.8, 4) is 11.5 Å². The van der Waals surface area contributed by atoms with Crippen LogP contribution in [-0.4, -0.2) is 37.5 Å². The van der Waals surface area contributed by atoms with Gasteiger partial charge in [0.15, 0.2) is 0 Å². The molecular weight excluding hydrogens is 272 g/mol. The molecule has 0 bridgehead atoms. The van der Waals surface area contributed by atoms with E-state index in [1.807, 2.05) is 13.0 Å². The second-order valence-electron chi connectivity index (χ2n) is 5.27. The highest BCUT2D eigenvalue weighted by Crippen LogP contribution is 2.34. The van der Waals surface area contributed by atoms with Crippen LogP contribution in [0.2, 0.25) is 0 Å². The molecule has 2 rings (SSSR count). The first-order valence-corrected chi connectivity index (χ1v) is 7.23.